The van der Waals surface area contributed by atoms with Crippen molar-refractivity contribution in [2.45, 2.75) is 82.7 Å². The zero-order chi connectivity index (χ0) is 15.8. The lowest BCUT2D eigenvalue weighted by atomic mass is 9.96. The van der Waals surface area contributed by atoms with E-state index in [0.29, 0.717) is 0 Å². The Hall–Kier alpha value is -0.643. The Balaban J connectivity index is 1.78. The van der Waals surface area contributed by atoms with E-state index in [-0.39, 0.29) is 12.2 Å². The predicted molar refractivity (Wildman–Crippen MR) is 95.6 cm³/mol. The maximum absolute atomic E-state index is 10.3. The monoisotopic (exact) mass is 320 g/mol. The third kappa shape index (κ3) is 6.23. The van der Waals surface area contributed by atoms with Crippen LogP contribution in [0.5, 0.6) is 0 Å². The second-order valence-electron chi connectivity index (χ2n) is 7.31. The summed E-state index contributed by atoms with van der Waals surface area (Å²) in [5, 5.41) is 10.3. The van der Waals surface area contributed by atoms with E-state index in [0.717, 1.165) is 25.7 Å². The smallest absolute Gasteiger partial charge is 0.187 e. The minimum absolute atomic E-state index is 0.0821. The number of aliphatic hydroxyl groups excluding tert-OH is 1. The fraction of sp³-hybridized carbons (Fsp3) is 0.684. The Morgan fingerprint density at radius 3 is 2.45 bits per heavy atom. The van der Waals surface area contributed by atoms with Crippen LogP contribution in [0.2, 0.25) is 19.1 Å². The van der Waals surface area contributed by atoms with Crippen LogP contribution in [0.1, 0.15) is 50.5 Å². The molecular formula is C19H32O2Si. The van der Waals surface area contributed by atoms with E-state index in [1.165, 1.54) is 37.3 Å². The maximum Gasteiger partial charge on any atom is 0.187 e. The van der Waals surface area contributed by atoms with E-state index < -0.39 is 8.32 Å². The molecular weight excluding hydrogens is 288 g/mol. The highest BCUT2D eigenvalue weighted by Gasteiger charge is 2.30. The van der Waals surface area contributed by atoms with Crippen LogP contribution in [0.25, 0.3) is 0 Å². The van der Waals surface area contributed by atoms with Gasteiger partial charge in [-0.2, -0.15) is 0 Å². The molecule has 1 aromatic rings. The molecule has 2 rings (SSSR count). The highest BCUT2D eigenvalue weighted by atomic mass is 28.4. The minimum Gasteiger partial charge on any atom is -0.412 e. The topological polar surface area (TPSA) is 29.5 Å². The third-order valence-corrected chi connectivity index (χ3v) is 7.22. The zero-order valence-corrected chi connectivity index (χ0v) is 15.3. The van der Waals surface area contributed by atoms with Crippen LogP contribution in [-0.4, -0.2) is 25.6 Å². The first-order valence-corrected chi connectivity index (χ1v) is 12.1. The van der Waals surface area contributed by atoms with Gasteiger partial charge in [-0.05, 0) is 50.4 Å². The molecule has 22 heavy (non-hydrogen) atoms. The van der Waals surface area contributed by atoms with Gasteiger partial charge in [-0.3, -0.25) is 0 Å². The second-order valence-corrected chi connectivity index (χ2v) is 11.6. The summed E-state index contributed by atoms with van der Waals surface area (Å²) < 4.78 is 6.45. The SMILES string of the molecule is C[Si](C)(CCCc1ccccc1)O[C@H]1CCCCCC[C@H]1O. The Labute approximate surface area is 137 Å². The van der Waals surface area contributed by atoms with Crippen LogP contribution < -0.4 is 0 Å². The molecule has 1 aromatic carbocycles. The summed E-state index contributed by atoms with van der Waals surface area (Å²) in [6.45, 7) is 4.62. The second kappa shape index (κ2) is 8.85. The van der Waals surface area contributed by atoms with Crippen LogP contribution in [-0.2, 0) is 10.8 Å². The summed E-state index contributed by atoms with van der Waals surface area (Å²) in [7, 11) is -1.69. The maximum atomic E-state index is 10.3. The minimum atomic E-state index is -1.69. The molecule has 3 heteroatoms. The van der Waals surface area contributed by atoms with E-state index in [4.69, 9.17) is 4.43 Å². The molecule has 0 saturated heterocycles. The Kier molecular flexibility index (Phi) is 7.12. The molecule has 0 heterocycles. The molecule has 2 nitrogen and oxygen atoms in total. The van der Waals surface area contributed by atoms with E-state index in [9.17, 15) is 5.11 Å². The van der Waals surface area contributed by atoms with Gasteiger partial charge >= 0.3 is 0 Å². The first-order chi connectivity index (χ1) is 10.6. The van der Waals surface area contributed by atoms with Gasteiger partial charge in [-0.25, -0.2) is 0 Å². The largest absolute Gasteiger partial charge is 0.412 e. The summed E-state index contributed by atoms with van der Waals surface area (Å²) in [5.74, 6) is 0. The lowest BCUT2D eigenvalue weighted by molar-refractivity contribution is 0.0133. The molecule has 1 saturated carbocycles. The van der Waals surface area contributed by atoms with Crippen molar-refractivity contribution in [3.63, 3.8) is 0 Å². The zero-order valence-electron chi connectivity index (χ0n) is 14.3. The van der Waals surface area contributed by atoms with E-state index in [1.807, 2.05) is 0 Å². The first kappa shape index (κ1) is 17.7. The van der Waals surface area contributed by atoms with Crippen molar-refractivity contribution in [3.8, 4) is 0 Å². The van der Waals surface area contributed by atoms with Crippen molar-refractivity contribution in [1.82, 2.24) is 0 Å². The molecule has 1 aliphatic carbocycles. The fourth-order valence-electron chi connectivity index (χ4n) is 3.40. The summed E-state index contributed by atoms with van der Waals surface area (Å²) >= 11 is 0. The average Bonchev–Trinajstić information content (AvgIpc) is 2.48. The van der Waals surface area contributed by atoms with Crippen molar-refractivity contribution in [1.29, 1.82) is 0 Å². The summed E-state index contributed by atoms with van der Waals surface area (Å²) in [5.41, 5.74) is 1.42. The van der Waals surface area contributed by atoms with Gasteiger partial charge in [0.05, 0.1) is 12.2 Å². The molecule has 0 aromatic heterocycles. The lowest BCUT2D eigenvalue weighted by Gasteiger charge is -2.33. The highest BCUT2D eigenvalue weighted by Crippen LogP contribution is 2.25. The van der Waals surface area contributed by atoms with Gasteiger partial charge in [0.1, 0.15) is 0 Å². The van der Waals surface area contributed by atoms with E-state index in [2.05, 4.69) is 43.4 Å². The highest BCUT2D eigenvalue weighted by molar-refractivity contribution is 6.71. The van der Waals surface area contributed by atoms with Gasteiger partial charge in [-0.1, -0.05) is 56.0 Å². The van der Waals surface area contributed by atoms with Crippen LogP contribution >= 0.6 is 0 Å². The summed E-state index contributed by atoms with van der Waals surface area (Å²) in [6, 6.07) is 11.9. The molecule has 0 unspecified atom stereocenters. The molecule has 0 aliphatic heterocycles. The quantitative estimate of drug-likeness (QED) is 0.753. The van der Waals surface area contributed by atoms with Gasteiger partial charge in [0.15, 0.2) is 8.32 Å². The third-order valence-electron chi connectivity index (χ3n) is 4.73. The Bertz CT molecular complexity index is 419. The summed E-state index contributed by atoms with van der Waals surface area (Å²) in [6.07, 6.45) is 9.02. The molecule has 0 amide bonds. The van der Waals surface area contributed by atoms with Crippen LogP contribution in [0.4, 0.5) is 0 Å². The molecule has 2 atom stereocenters. The molecule has 0 bridgehead atoms. The van der Waals surface area contributed by atoms with Crippen molar-refractivity contribution >= 4 is 8.32 Å². The molecule has 0 radical (unpaired) electrons. The van der Waals surface area contributed by atoms with Crippen molar-refractivity contribution in [2.75, 3.05) is 0 Å². The van der Waals surface area contributed by atoms with Crippen molar-refractivity contribution in [2.24, 2.45) is 0 Å². The van der Waals surface area contributed by atoms with Gasteiger partial charge < -0.3 is 9.53 Å². The average molecular weight is 321 g/mol. The van der Waals surface area contributed by atoms with Crippen LogP contribution in [0.15, 0.2) is 30.3 Å². The number of aryl methyl sites for hydroxylation is 1. The first-order valence-electron chi connectivity index (χ1n) is 8.97. The molecule has 1 fully saturated rings. The Morgan fingerprint density at radius 1 is 1.05 bits per heavy atom. The molecule has 124 valence electrons. The predicted octanol–water partition coefficient (Wildman–Crippen LogP) is 4.92. The van der Waals surface area contributed by atoms with E-state index >= 15 is 0 Å². The van der Waals surface area contributed by atoms with Gasteiger partial charge in [0, 0.05) is 0 Å². The van der Waals surface area contributed by atoms with Gasteiger partial charge in [-0.15, -0.1) is 0 Å². The molecule has 1 N–H and O–H groups in total. The number of benzene rings is 1. The van der Waals surface area contributed by atoms with Gasteiger partial charge in [0.2, 0.25) is 0 Å². The van der Waals surface area contributed by atoms with E-state index in [1.54, 1.807) is 0 Å². The number of hydrogen-bond donors (Lipinski definition) is 1. The Morgan fingerprint density at radius 2 is 1.73 bits per heavy atom. The number of hydrogen-bond acceptors (Lipinski definition) is 2. The molecule has 1 aliphatic rings. The van der Waals surface area contributed by atoms with Crippen molar-refractivity contribution < 1.29 is 9.53 Å². The normalized spacial score (nSPS) is 23.8. The lowest BCUT2D eigenvalue weighted by Crippen LogP contribution is -2.41. The number of rotatable bonds is 6. The standard InChI is InChI=1S/C19H32O2Si/c1-22(2,16-10-13-17-11-6-5-7-12-17)21-19-15-9-4-3-8-14-18(19)20/h5-7,11-12,18-20H,3-4,8-10,13-16H2,1-2H3/t18-,19+/m1/s1. The van der Waals surface area contributed by atoms with Crippen LogP contribution in [0, 0.1) is 0 Å². The fourth-order valence-corrected chi connectivity index (χ4v) is 5.64. The summed E-state index contributed by atoms with van der Waals surface area (Å²) in [4.78, 5) is 0. The molecule has 0 spiro atoms. The van der Waals surface area contributed by atoms with Gasteiger partial charge in [0.25, 0.3) is 0 Å². The van der Waals surface area contributed by atoms with Crippen molar-refractivity contribution in [3.05, 3.63) is 35.9 Å². The van der Waals surface area contributed by atoms with Crippen LogP contribution in [0.3, 0.4) is 0 Å². The number of aliphatic hydroxyl groups is 1.